The molecule has 3 heteroatoms. The lowest BCUT2D eigenvalue weighted by molar-refractivity contribution is 0.327. The van der Waals surface area contributed by atoms with Crippen LogP contribution in [0.4, 0.5) is 5.82 Å². The molecule has 2 fully saturated rings. The monoisotopic (exact) mass is 232 g/mol. The molecule has 2 aliphatic rings. The normalized spacial score (nSPS) is 19.4. The zero-order valence-corrected chi connectivity index (χ0v) is 10.4. The lowest BCUT2D eigenvalue weighted by atomic mass is 10.1. The van der Waals surface area contributed by atoms with Gasteiger partial charge in [0.1, 0.15) is 5.82 Å². The average molecular weight is 232 g/mol. The van der Waals surface area contributed by atoms with E-state index < -0.39 is 0 Å². The van der Waals surface area contributed by atoms with E-state index in [0.717, 1.165) is 23.5 Å². The first-order valence-electron chi connectivity index (χ1n) is 6.73. The van der Waals surface area contributed by atoms with E-state index in [1.165, 1.54) is 25.7 Å². The van der Waals surface area contributed by atoms with Crippen molar-refractivity contribution in [2.24, 2.45) is 11.8 Å². The number of nitrogens with one attached hydrogen (secondary N) is 1. The van der Waals surface area contributed by atoms with Gasteiger partial charge in [-0.1, -0.05) is 6.07 Å². The number of ether oxygens (including phenoxy) is 1. The van der Waals surface area contributed by atoms with Crippen LogP contribution in [0.5, 0.6) is 5.88 Å². The molecule has 2 saturated carbocycles. The molecule has 0 amide bonds. The van der Waals surface area contributed by atoms with Gasteiger partial charge in [-0.25, -0.2) is 0 Å². The van der Waals surface area contributed by atoms with Crippen molar-refractivity contribution in [3.05, 3.63) is 18.2 Å². The summed E-state index contributed by atoms with van der Waals surface area (Å²) in [5.74, 6) is 3.47. The molecular weight excluding hydrogens is 212 g/mol. The zero-order valence-electron chi connectivity index (χ0n) is 10.4. The molecule has 1 aromatic rings. The summed E-state index contributed by atoms with van der Waals surface area (Å²) in [6, 6.07) is 6.62. The Bertz CT molecular complexity index is 374. The fourth-order valence-corrected chi connectivity index (χ4v) is 2.43. The second-order valence-corrected chi connectivity index (χ2v) is 5.14. The molecule has 0 saturated heterocycles. The van der Waals surface area contributed by atoms with Crippen LogP contribution in [-0.2, 0) is 0 Å². The Hall–Kier alpha value is -1.25. The standard InChI is InChI=1S/C14H20N2O/c1-2-17-13-5-3-4-12(15-13)16-14(10-6-7-10)11-8-9-11/h3-5,10-11,14H,2,6-9H2,1H3,(H,15,16). The van der Waals surface area contributed by atoms with E-state index in [1.807, 2.05) is 25.1 Å². The van der Waals surface area contributed by atoms with Crippen LogP contribution in [-0.4, -0.2) is 17.6 Å². The number of nitrogens with zero attached hydrogens (tertiary/aromatic N) is 1. The summed E-state index contributed by atoms with van der Waals surface area (Å²) in [7, 11) is 0. The molecule has 2 aliphatic carbocycles. The predicted octanol–water partition coefficient (Wildman–Crippen LogP) is 3.08. The molecule has 1 aromatic heterocycles. The lowest BCUT2D eigenvalue weighted by Crippen LogP contribution is -2.24. The van der Waals surface area contributed by atoms with Crippen molar-refractivity contribution in [3.63, 3.8) is 0 Å². The van der Waals surface area contributed by atoms with Gasteiger partial charge in [0.05, 0.1) is 6.61 Å². The Morgan fingerprint density at radius 2 is 2.00 bits per heavy atom. The van der Waals surface area contributed by atoms with Crippen LogP contribution < -0.4 is 10.1 Å². The number of pyridine rings is 1. The molecule has 1 heterocycles. The summed E-state index contributed by atoms with van der Waals surface area (Å²) < 4.78 is 5.43. The van der Waals surface area contributed by atoms with Gasteiger partial charge in [0.25, 0.3) is 0 Å². The maximum Gasteiger partial charge on any atom is 0.215 e. The van der Waals surface area contributed by atoms with E-state index in [2.05, 4.69) is 10.3 Å². The molecule has 17 heavy (non-hydrogen) atoms. The van der Waals surface area contributed by atoms with Crippen LogP contribution in [0, 0.1) is 11.8 Å². The van der Waals surface area contributed by atoms with E-state index >= 15 is 0 Å². The van der Waals surface area contributed by atoms with E-state index in [1.54, 1.807) is 0 Å². The number of anilines is 1. The highest BCUT2D eigenvalue weighted by Gasteiger charge is 2.41. The van der Waals surface area contributed by atoms with Crippen molar-refractivity contribution in [2.45, 2.75) is 38.6 Å². The van der Waals surface area contributed by atoms with Crippen molar-refractivity contribution in [1.29, 1.82) is 0 Å². The van der Waals surface area contributed by atoms with Crippen LogP contribution >= 0.6 is 0 Å². The Balaban J connectivity index is 1.67. The zero-order chi connectivity index (χ0) is 11.7. The molecule has 3 nitrogen and oxygen atoms in total. The van der Waals surface area contributed by atoms with E-state index in [4.69, 9.17) is 4.74 Å². The summed E-state index contributed by atoms with van der Waals surface area (Å²) in [4.78, 5) is 4.49. The van der Waals surface area contributed by atoms with Crippen molar-refractivity contribution in [3.8, 4) is 5.88 Å². The molecule has 0 aromatic carbocycles. The van der Waals surface area contributed by atoms with Gasteiger partial charge in [0.2, 0.25) is 5.88 Å². The molecule has 0 radical (unpaired) electrons. The summed E-state index contributed by atoms with van der Waals surface area (Å²) in [6.45, 7) is 2.66. The van der Waals surface area contributed by atoms with Gasteiger partial charge in [-0.3, -0.25) is 0 Å². The molecule has 0 aliphatic heterocycles. The highest BCUT2D eigenvalue weighted by molar-refractivity contribution is 5.39. The average Bonchev–Trinajstić information content (AvgIpc) is 3.19. The van der Waals surface area contributed by atoms with Crippen molar-refractivity contribution >= 4 is 5.82 Å². The van der Waals surface area contributed by atoms with Gasteiger partial charge in [-0.05, 0) is 50.5 Å². The Kier molecular flexibility index (Phi) is 2.91. The van der Waals surface area contributed by atoms with Gasteiger partial charge < -0.3 is 10.1 Å². The first-order chi connectivity index (χ1) is 8.36. The number of hydrogen-bond donors (Lipinski definition) is 1. The molecule has 0 atom stereocenters. The minimum atomic E-state index is 0.652. The van der Waals surface area contributed by atoms with Crippen LogP contribution in [0.3, 0.4) is 0 Å². The second kappa shape index (κ2) is 4.55. The SMILES string of the molecule is CCOc1cccc(NC(C2CC2)C2CC2)n1. The van der Waals surface area contributed by atoms with Crippen LogP contribution in [0.25, 0.3) is 0 Å². The van der Waals surface area contributed by atoms with Gasteiger partial charge in [-0.15, -0.1) is 0 Å². The quantitative estimate of drug-likeness (QED) is 0.818. The third-order valence-electron chi connectivity index (χ3n) is 3.59. The largest absolute Gasteiger partial charge is 0.478 e. The Morgan fingerprint density at radius 1 is 1.29 bits per heavy atom. The van der Waals surface area contributed by atoms with E-state index in [0.29, 0.717) is 12.6 Å². The minimum Gasteiger partial charge on any atom is -0.478 e. The minimum absolute atomic E-state index is 0.652. The van der Waals surface area contributed by atoms with Gasteiger partial charge in [0.15, 0.2) is 0 Å². The fourth-order valence-electron chi connectivity index (χ4n) is 2.43. The van der Waals surface area contributed by atoms with Crippen LogP contribution in [0.1, 0.15) is 32.6 Å². The number of hydrogen-bond acceptors (Lipinski definition) is 3. The molecule has 1 N–H and O–H groups in total. The van der Waals surface area contributed by atoms with E-state index in [9.17, 15) is 0 Å². The third-order valence-corrected chi connectivity index (χ3v) is 3.59. The van der Waals surface area contributed by atoms with Gasteiger partial charge >= 0.3 is 0 Å². The molecule has 92 valence electrons. The molecule has 3 rings (SSSR count). The maximum atomic E-state index is 5.43. The van der Waals surface area contributed by atoms with Crippen LogP contribution in [0.2, 0.25) is 0 Å². The van der Waals surface area contributed by atoms with Gasteiger partial charge in [0, 0.05) is 12.1 Å². The lowest BCUT2D eigenvalue weighted by Gasteiger charge is -2.18. The first-order valence-corrected chi connectivity index (χ1v) is 6.73. The summed E-state index contributed by atoms with van der Waals surface area (Å²) in [5, 5.41) is 3.61. The molecular formula is C14H20N2O. The van der Waals surface area contributed by atoms with Crippen molar-refractivity contribution < 1.29 is 4.74 Å². The van der Waals surface area contributed by atoms with Gasteiger partial charge in [-0.2, -0.15) is 4.98 Å². The Labute approximate surface area is 103 Å². The highest BCUT2D eigenvalue weighted by atomic mass is 16.5. The van der Waals surface area contributed by atoms with E-state index in [-0.39, 0.29) is 0 Å². The first kappa shape index (κ1) is 10.9. The molecule has 0 spiro atoms. The second-order valence-electron chi connectivity index (χ2n) is 5.14. The smallest absolute Gasteiger partial charge is 0.215 e. The number of aromatic nitrogens is 1. The highest BCUT2D eigenvalue weighted by Crippen LogP contribution is 2.45. The molecule has 0 unspecified atom stereocenters. The predicted molar refractivity (Wildman–Crippen MR) is 68.3 cm³/mol. The summed E-state index contributed by atoms with van der Waals surface area (Å²) in [5.41, 5.74) is 0. The summed E-state index contributed by atoms with van der Waals surface area (Å²) >= 11 is 0. The maximum absolute atomic E-state index is 5.43. The summed E-state index contributed by atoms with van der Waals surface area (Å²) in [6.07, 6.45) is 5.55. The van der Waals surface area contributed by atoms with Crippen LogP contribution in [0.15, 0.2) is 18.2 Å². The third kappa shape index (κ3) is 2.71. The topological polar surface area (TPSA) is 34.1 Å². The number of rotatable bonds is 6. The van der Waals surface area contributed by atoms with Crippen molar-refractivity contribution in [1.82, 2.24) is 4.98 Å². The fraction of sp³-hybridized carbons (Fsp3) is 0.643. The molecule has 0 bridgehead atoms. The Morgan fingerprint density at radius 3 is 2.59 bits per heavy atom. The van der Waals surface area contributed by atoms with Crippen molar-refractivity contribution in [2.75, 3.05) is 11.9 Å².